The molecule has 0 saturated carbocycles. The fourth-order valence-electron chi connectivity index (χ4n) is 4.47. The van der Waals surface area contributed by atoms with Gasteiger partial charge >= 0.3 is 23.9 Å². The van der Waals surface area contributed by atoms with Crippen LogP contribution in [0.3, 0.4) is 0 Å². The van der Waals surface area contributed by atoms with Crippen molar-refractivity contribution in [3.8, 4) is 5.75 Å². The maximum absolute atomic E-state index is 12.9. The lowest BCUT2D eigenvalue weighted by Gasteiger charge is -2.36. The predicted molar refractivity (Wildman–Crippen MR) is 130 cm³/mol. The summed E-state index contributed by atoms with van der Waals surface area (Å²) < 4.78 is 5.02. The molecule has 3 amide bonds. The zero-order valence-corrected chi connectivity index (χ0v) is 21.0. The fourth-order valence-corrected chi connectivity index (χ4v) is 5.68. The van der Waals surface area contributed by atoms with E-state index in [1.165, 1.54) is 11.0 Å². The highest BCUT2D eigenvalue weighted by Gasteiger charge is 2.39. The Morgan fingerprint density at radius 2 is 1.86 bits per heavy atom. The molecule has 3 heterocycles. The van der Waals surface area contributed by atoms with E-state index < -0.39 is 41.5 Å². The first kappa shape index (κ1) is 25.9. The molecule has 1 aromatic heterocycles. The van der Waals surface area contributed by atoms with Crippen molar-refractivity contribution in [3.05, 3.63) is 45.3 Å². The van der Waals surface area contributed by atoms with Crippen molar-refractivity contribution in [1.29, 1.82) is 0 Å². The molecule has 0 aliphatic carbocycles. The quantitative estimate of drug-likeness (QED) is 0.341. The first-order valence-electron chi connectivity index (χ1n) is 11.3. The van der Waals surface area contributed by atoms with Crippen LogP contribution in [0.5, 0.6) is 5.75 Å². The number of rotatable bonds is 4. The average molecular weight is 532 g/mol. The van der Waals surface area contributed by atoms with Crippen LogP contribution >= 0.6 is 11.3 Å². The lowest BCUT2D eigenvalue weighted by molar-refractivity contribution is -0.161. The normalized spacial score (nSPS) is 16.7. The summed E-state index contributed by atoms with van der Waals surface area (Å²) in [6.45, 7) is 4.71. The van der Waals surface area contributed by atoms with Gasteiger partial charge in [-0.3, -0.25) is 14.5 Å². The van der Waals surface area contributed by atoms with Gasteiger partial charge in [0.05, 0.1) is 23.7 Å². The summed E-state index contributed by atoms with van der Waals surface area (Å²) in [6, 6.07) is 3.92. The Morgan fingerprint density at radius 1 is 1.16 bits per heavy atom. The van der Waals surface area contributed by atoms with E-state index in [1.807, 2.05) is 0 Å². The number of nitrogens with one attached hydrogen (secondary N) is 1. The Labute approximate surface area is 215 Å². The Kier molecular flexibility index (Phi) is 6.59. The summed E-state index contributed by atoms with van der Waals surface area (Å²) in [7, 11) is 0. The van der Waals surface area contributed by atoms with Crippen LogP contribution in [0.15, 0.2) is 18.2 Å². The minimum atomic E-state index is -1.35. The lowest BCUT2D eigenvalue weighted by Crippen LogP contribution is -2.49. The number of hydrogen-bond donors (Lipinski definition) is 4. The number of phenols is 1. The molecule has 1 atom stereocenters. The Morgan fingerprint density at radius 3 is 2.46 bits per heavy atom. The average Bonchev–Trinajstić information content (AvgIpc) is 3.29. The number of carboxylic acids is 1. The number of thiophene rings is 1. The molecule has 4 rings (SSSR count). The summed E-state index contributed by atoms with van der Waals surface area (Å²) in [5, 5.41) is 32.0. The monoisotopic (exact) mass is 531 g/mol. The smallest absolute Gasteiger partial charge is 0.407 e. The number of anilines is 1. The van der Waals surface area contributed by atoms with E-state index in [-0.39, 0.29) is 47.9 Å². The van der Waals surface area contributed by atoms with Gasteiger partial charge in [0.1, 0.15) is 16.4 Å². The second-order valence-electron chi connectivity index (χ2n) is 9.73. The molecule has 13 heteroatoms. The van der Waals surface area contributed by atoms with Crippen LogP contribution in [0.4, 0.5) is 9.80 Å². The molecular formula is C24H25N3O9S. The summed E-state index contributed by atoms with van der Waals surface area (Å²) in [5.41, 5.74) is -0.0728. The second kappa shape index (κ2) is 9.39. The van der Waals surface area contributed by atoms with Crippen LogP contribution in [0.2, 0.25) is 0 Å². The molecule has 0 saturated heterocycles. The lowest BCUT2D eigenvalue weighted by atomic mass is 9.96. The van der Waals surface area contributed by atoms with Gasteiger partial charge in [-0.15, -0.1) is 11.3 Å². The van der Waals surface area contributed by atoms with Gasteiger partial charge in [0, 0.05) is 18.0 Å². The van der Waals surface area contributed by atoms with Crippen LogP contribution in [-0.2, 0) is 33.8 Å². The summed E-state index contributed by atoms with van der Waals surface area (Å²) in [5.74, 6) is -4.30. The number of carbonyl (C=O) groups excluding carboxylic acids is 3. The van der Waals surface area contributed by atoms with Crippen molar-refractivity contribution < 1.29 is 44.0 Å². The number of aromatic carboxylic acids is 1. The molecule has 12 nitrogen and oxygen atoms in total. The predicted octanol–water partition coefficient (Wildman–Crippen LogP) is 2.49. The number of carbonyl (C=O) groups is 5. The molecule has 2 aliphatic heterocycles. The molecule has 1 unspecified atom stereocenters. The van der Waals surface area contributed by atoms with Crippen LogP contribution in [0.1, 0.15) is 57.5 Å². The van der Waals surface area contributed by atoms with Crippen molar-refractivity contribution in [2.24, 2.45) is 0 Å². The van der Waals surface area contributed by atoms with Crippen LogP contribution in [0, 0.1) is 0 Å². The second-order valence-corrected chi connectivity index (χ2v) is 10.8. The van der Waals surface area contributed by atoms with Crippen molar-refractivity contribution >= 4 is 46.2 Å². The van der Waals surface area contributed by atoms with Crippen molar-refractivity contribution in [2.75, 3.05) is 11.9 Å². The highest BCUT2D eigenvalue weighted by atomic mass is 32.1. The molecule has 4 N–H and O–H groups in total. The zero-order chi connectivity index (χ0) is 27.2. The van der Waals surface area contributed by atoms with Gasteiger partial charge in [-0.05, 0) is 44.4 Å². The Hall–Kier alpha value is -4.13. The van der Waals surface area contributed by atoms with Crippen molar-refractivity contribution in [1.82, 2.24) is 9.80 Å². The first-order valence-corrected chi connectivity index (χ1v) is 12.1. The van der Waals surface area contributed by atoms with Gasteiger partial charge in [0.2, 0.25) is 0 Å². The van der Waals surface area contributed by atoms with E-state index >= 15 is 0 Å². The minimum absolute atomic E-state index is 0.0335. The molecule has 0 fully saturated rings. The molecule has 0 spiro atoms. The number of phenolic OH excluding ortho intramolecular Hbond substituents is 1. The summed E-state index contributed by atoms with van der Waals surface area (Å²) >= 11 is 0.873. The molecule has 2 aliphatic rings. The van der Waals surface area contributed by atoms with Gasteiger partial charge < -0.3 is 30.3 Å². The topological polar surface area (TPSA) is 174 Å². The molecule has 0 bridgehead atoms. The summed E-state index contributed by atoms with van der Waals surface area (Å²) in [6.07, 6.45) is -1.29. The zero-order valence-electron chi connectivity index (χ0n) is 20.2. The number of ether oxygens (including phenoxy) is 1. The third-order valence-corrected chi connectivity index (χ3v) is 7.11. The van der Waals surface area contributed by atoms with E-state index in [0.29, 0.717) is 16.0 Å². The van der Waals surface area contributed by atoms with Crippen LogP contribution < -0.4 is 5.32 Å². The number of fused-ring (bicyclic) bond motifs is 2. The molecular weight excluding hydrogens is 506 g/mol. The SMILES string of the molecule is CC(C)(C)OC(=O)C(=O)Nc1sc2c(c1C(=O)O)CC(CN1Cc3cccc(O)c3C1=O)N(C(=O)O)C2. The van der Waals surface area contributed by atoms with Gasteiger partial charge in [0.25, 0.3) is 5.91 Å². The van der Waals surface area contributed by atoms with E-state index in [4.69, 9.17) is 4.74 Å². The van der Waals surface area contributed by atoms with E-state index in [9.17, 15) is 39.3 Å². The number of aromatic hydroxyl groups is 1. The fraction of sp³-hybridized carbons (Fsp3) is 0.375. The summed E-state index contributed by atoms with van der Waals surface area (Å²) in [4.78, 5) is 64.5. The molecule has 2 aromatic rings. The number of amides is 3. The minimum Gasteiger partial charge on any atom is -0.507 e. The van der Waals surface area contributed by atoms with E-state index in [0.717, 1.165) is 16.2 Å². The van der Waals surface area contributed by atoms with Gasteiger partial charge in [-0.1, -0.05) is 12.1 Å². The molecule has 0 radical (unpaired) electrons. The third-order valence-electron chi connectivity index (χ3n) is 5.98. The highest BCUT2D eigenvalue weighted by molar-refractivity contribution is 7.17. The van der Waals surface area contributed by atoms with Gasteiger partial charge in [0.15, 0.2) is 0 Å². The number of hydrogen-bond acceptors (Lipinski definition) is 8. The van der Waals surface area contributed by atoms with Crippen LogP contribution in [-0.4, -0.2) is 73.2 Å². The first-order chi connectivity index (χ1) is 17.3. The third kappa shape index (κ3) is 5.07. The van der Waals surface area contributed by atoms with E-state index in [1.54, 1.807) is 32.9 Å². The number of carboxylic acid groups (broad SMARTS) is 2. The van der Waals surface area contributed by atoms with Crippen molar-refractivity contribution in [3.63, 3.8) is 0 Å². The maximum Gasteiger partial charge on any atom is 0.407 e. The van der Waals surface area contributed by atoms with Crippen LogP contribution in [0.25, 0.3) is 0 Å². The molecule has 37 heavy (non-hydrogen) atoms. The van der Waals surface area contributed by atoms with Gasteiger partial charge in [-0.2, -0.15) is 0 Å². The van der Waals surface area contributed by atoms with Gasteiger partial charge in [-0.25, -0.2) is 14.4 Å². The Balaban J connectivity index is 1.61. The van der Waals surface area contributed by atoms with E-state index in [2.05, 4.69) is 5.32 Å². The number of esters is 1. The standard InChI is InChI=1S/C24H25N3O9S/c1-24(2,3)36-22(33)18(29)25-19-17(21(31)32)13-7-12(27(23(34)35)10-15(13)37-19)9-26-8-11-5-4-6-14(28)16(11)20(26)30/h4-6,12,28H,7-10H2,1-3H3,(H,25,29)(H,31,32)(H,34,35). The Bertz CT molecular complexity index is 1330. The molecule has 1 aromatic carbocycles. The largest absolute Gasteiger partial charge is 0.507 e. The maximum atomic E-state index is 12.9. The number of nitrogens with zero attached hydrogens (tertiary/aromatic N) is 2. The van der Waals surface area contributed by atoms with Crippen molar-refractivity contribution in [2.45, 2.75) is 51.9 Å². The molecule has 196 valence electrons. The number of benzene rings is 1. The highest BCUT2D eigenvalue weighted by Crippen LogP contribution is 2.40.